The van der Waals surface area contributed by atoms with Crippen LogP contribution in [0.1, 0.15) is 24.3 Å². The first kappa shape index (κ1) is 27.3. The van der Waals surface area contributed by atoms with E-state index in [9.17, 15) is 28.6 Å². The van der Waals surface area contributed by atoms with E-state index in [-0.39, 0.29) is 11.5 Å². The van der Waals surface area contributed by atoms with Crippen LogP contribution in [0.5, 0.6) is 0 Å². The monoisotopic (exact) mass is 558 g/mol. The lowest BCUT2D eigenvalue weighted by Gasteiger charge is -2.27. The molecule has 7 N–H and O–H groups in total. The predicted octanol–water partition coefficient (Wildman–Crippen LogP) is 0.788. The van der Waals surface area contributed by atoms with Crippen LogP contribution >= 0.6 is 15.6 Å². The standard InChI is InChI=1S/C20H21FN4O10P2/c1-20(27)16(26)14(9-33-37(31,32)35-36(28,29)30)34-19(20)25-8-12(15-17(22)23-10-24-18(15)25)5-2-11-3-6-13(21)7-4-11/h3-4,6-8,10,14,16,19,26-27H,9H2,1H3,(H,31,32)(H2,22,23,24)(H2,28,29,30)/t14?,16?,19?,20-/m1/s1. The Morgan fingerprint density at radius 3 is 2.54 bits per heavy atom. The number of hydrogen-bond acceptors (Lipinski definition) is 10. The molecule has 2 aromatic heterocycles. The lowest BCUT2D eigenvalue weighted by Crippen LogP contribution is -2.44. The molecule has 1 saturated heterocycles. The molecular formula is C20H21FN4O10P2. The van der Waals surface area contributed by atoms with Gasteiger partial charge in [0.2, 0.25) is 0 Å². The quantitative estimate of drug-likeness (QED) is 0.182. The number of aliphatic hydroxyl groups excluding tert-OH is 1. The van der Waals surface area contributed by atoms with Gasteiger partial charge in [-0.15, -0.1) is 0 Å². The zero-order chi connectivity index (χ0) is 27.2. The van der Waals surface area contributed by atoms with Gasteiger partial charge in [-0.1, -0.05) is 11.8 Å². The number of phosphoric ester groups is 1. The van der Waals surface area contributed by atoms with E-state index in [2.05, 4.69) is 30.6 Å². The molecule has 0 amide bonds. The Bertz CT molecular complexity index is 1480. The minimum atomic E-state index is -5.36. The Balaban J connectivity index is 1.67. The summed E-state index contributed by atoms with van der Waals surface area (Å²) in [5.74, 6) is 5.37. The van der Waals surface area contributed by atoms with Gasteiger partial charge in [0.1, 0.15) is 41.4 Å². The van der Waals surface area contributed by atoms with Crippen molar-refractivity contribution in [2.75, 3.05) is 12.3 Å². The number of fused-ring (bicyclic) bond motifs is 1. The molecule has 5 atom stereocenters. The van der Waals surface area contributed by atoms with E-state index in [0.717, 1.165) is 6.33 Å². The lowest BCUT2D eigenvalue weighted by atomic mass is 9.96. The van der Waals surface area contributed by atoms with E-state index >= 15 is 0 Å². The topological polar surface area (TPSA) is 220 Å². The molecule has 14 nitrogen and oxygen atoms in total. The number of aromatic nitrogens is 3. The van der Waals surface area contributed by atoms with Crippen molar-refractivity contribution in [1.29, 1.82) is 0 Å². The van der Waals surface area contributed by atoms with Crippen LogP contribution in [0.2, 0.25) is 0 Å². The SMILES string of the molecule is C[C@@]1(O)C(O)C(COP(=O)(O)OP(=O)(O)O)OC1n1cc(C#Cc2ccc(F)cc2)c2c(N)ncnc21. The van der Waals surface area contributed by atoms with Crippen LogP contribution < -0.4 is 5.73 Å². The van der Waals surface area contributed by atoms with E-state index in [1.165, 1.54) is 42.0 Å². The summed E-state index contributed by atoms with van der Waals surface area (Å²) in [4.78, 5) is 35.1. The van der Waals surface area contributed by atoms with Crippen molar-refractivity contribution in [3.8, 4) is 11.8 Å². The number of nitrogen functional groups attached to an aromatic ring is 1. The highest BCUT2D eigenvalue weighted by Gasteiger charge is 2.54. The van der Waals surface area contributed by atoms with Crippen molar-refractivity contribution in [3.63, 3.8) is 0 Å². The number of hydrogen-bond donors (Lipinski definition) is 6. The second kappa shape index (κ2) is 9.86. The van der Waals surface area contributed by atoms with E-state index in [1.54, 1.807) is 0 Å². The van der Waals surface area contributed by atoms with E-state index in [0.29, 0.717) is 16.5 Å². The Kier molecular flexibility index (Phi) is 7.28. The normalized spacial score (nSPS) is 25.5. The highest BCUT2D eigenvalue weighted by atomic mass is 31.3. The average Bonchev–Trinajstić information content (AvgIpc) is 3.26. The molecule has 0 spiro atoms. The molecular weight excluding hydrogens is 537 g/mol. The van der Waals surface area contributed by atoms with Gasteiger partial charge in [-0.3, -0.25) is 4.52 Å². The molecule has 1 aromatic carbocycles. The summed E-state index contributed by atoms with van der Waals surface area (Å²) < 4.78 is 51.1. The summed E-state index contributed by atoms with van der Waals surface area (Å²) >= 11 is 0. The fourth-order valence-corrected chi connectivity index (χ4v) is 5.36. The molecule has 198 valence electrons. The molecule has 4 unspecified atom stereocenters. The number of nitrogens with two attached hydrogens (primary N) is 1. The largest absolute Gasteiger partial charge is 0.481 e. The number of benzene rings is 1. The molecule has 0 bridgehead atoms. The summed E-state index contributed by atoms with van der Waals surface area (Å²) in [6.45, 7) is 0.350. The van der Waals surface area contributed by atoms with Gasteiger partial charge >= 0.3 is 15.6 Å². The highest BCUT2D eigenvalue weighted by Crippen LogP contribution is 2.58. The first-order valence-electron chi connectivity index (χ1n) is 10.4. The number of anilines is 1. The summed E-state index contributed by atoms with van der Waals surface area (Å²) in [7, 11) is -10.6. The Labute approximate surface area is 208 Å². The number of halogens is 1. The molecule has 0 saturated carbocycles. The van der Waals surface area contributed by atoms with Crippen molar-refractivity contribution in [3.05, 3.63) is 53.7 Å². The van der Waals surface area contributed by atoms with Crippen LogP contribution in [0.3, 0.4) is 0 Å². The van der Waals surface area contributed by atoms with Gasteiger partial charge in [0.15, 0.2) is 6.23 Å². The van der Waals surface area contributed by atoms with E-state index in [4.69, 9.17) is 20.3 Å². The van der Waals surface area contributed by atoms with Crippen molar-refractivity contribution in [1.82, 2.24) is 14.5 Å². The lowest BCUT2D eigenvalue weighted by molar-refractivity contribution is -0.0947. The van der Waals surface area contributed by atoms with Gasteiger partial charge in [0, 0.05) is 11.8 Å². The van der Waals surface area contributed by atoms with Crippen molar-refractivity contribution in [2.45, 2.75) is 31.0 Å². The second-order valence-electron chi connectivity index (χ2n) is 8.20. The van der Waals surface area contributed by atoms with Gasteiger partial charge in [-0.05, 0) is 31.2 Å². The summed E-state index contributed by atoms with van der Waals surface area (Å²) in [5.41, 5.74) is 5.01. The van der Waals surface area contributed by atoms with Gasteiger partial charge in [0.05, 0.1) is 17.6 Å². The molecule has 1 aliphatic rings. The van der Waals surface area contributed by atoms with Crippen LogP contribution in [0, 0.1) is 17.7 Å². The fraction of sp³-hybridized carbons (Fsp3) is 0.300. The maximum absolute atomic E-state index is 13.2. The molecule has 0 radical (unpaired) electrons. The maximum atomic E-state index is 13.2. The Morgan fingerprint density at radius 2 is 1.89 bits per heavy atom. The molecule has 1 fully saturated rings. The number of rotatable bonds is 6. The third-order valence-corrected chi connectivity index (χ3v) is 7.59. The van der Waals surface area contributed by atoms with Crippen molar-refractivity contribution in [2.24, 2.45) is 0 Å². The minimum Gasteiger partial charge on any atom is -0.387 e. The molecule has 4 rings (SSSR count). The van der Waals surface area contributed by atoms with Gasteiger partial charge < -0.3 is 39.9 Å². The third-order valence-electron chi connectivity index (χ3n) is 5.44. The molecule has 37 heavy (non-hydrogen) atoms. The first-order valence-corrected chi connectivity index (χ1v) is 13.4. The Morgan fingerprint density at radius 1 is 1.22 bits per heavy atom. The van der Waals surface area contributed by atoms with Crippen LogP contribution in [-0.2, 0) is 22.7 Å². The highest BCUT2D eigenvalue weighted by molar-refractivity contribution is 7.60. The van der Waals surface area contributed by atoms with Crippen LogP contribution in [0.15, 0.2) is 36.8 Å². The van der Waals surface area contributed by atoms with Gasteiger partial charge in [-0.2, -0.15) is 4.31 Å². The average molecular weight is 558 g/mol. The summed E-state index contributed by atoms with van der Waals surface area (Å²) in [6.07, 6.45) is -1.89. The molecule has 3 aromatic rings. The summed E-state index contributed by atoms with van der Waals surface area (Å²) in [5, 5.41) is 22.0. The van der Waals surface area contributed by atoms with Gasteiger partial charge in [-0.25, -0.2) is 23.5 Å². The summed E-state index contributed by atoms with van der Waals surface area (Å²) in [6, 6.07) is 5.44. The molecule has 0 aliphatic carbocycles. The zero-order valence-corrected chi connectivity index (χ0v) is 20.7. The van der Waals surface area contributed by atoms with Crippen LogP contribution in [0.4, 0.5) is 10.2 Å². The molecule has 1 aliphatic heterocycles. The first-order chi connectivity index (χ1) is 17.2. The van der Waals surface area contributed by atoms with Crippen LogP contribution in [0.25, 0.3) is 11.0 Å². The van der Waals surface area contributed by atoms with Gasteiger partial charge in [0.25, 0.3) is 0 Å². The number of phosphoric acid groups is 2. The molecule has 17 heteroatoms. The third kappa shape index (κ3) is 5.90. The van der Waals surface area contributed by atoms with E-state index < -0.39 is 52.1 Å². The van der Waals surface area contributed by atoms with Crippen molar-refractivity contribution < 1.29 is 52.0 Å². The Hall–Kier alpha value is -2.73. The van der Waals surface area contributed by atoms with Crippen LogP contribution in [-0.4, -0.2) is 63.8 Å². The number of nitrogens with zero attached hydrogens (tertiary/aromatic N) is 3. The van der Waals surface area contributed by atoms with Crippen molar-refractivity contribution >= 4 is 32.5 Å². The zero-order valence-electron chi connectivity index (χ0n) is 18.9. The number of aliphatic hydroxyl groups is 2. The minimum absolute atomic E-state index is 0.0565. The maximum Gasteiger partial charge on any atom is 0.481 e. The molecule has 3 heterocycles. The fourth-order valence-electron chi connectivity index (χ4n) is 3.76. The predicted molar refractivity (Wildman–Crippen MR) is 124 cm³/mol. The number of ether oxygens (including phenoxy) is 1. The smallest absolute Gasteiger partial charge is 0.387 e. The second-order valence-corrected chi connectivity index (χ2v) is 11.0. The van der Waals surface area contributed by atoms with E-state index in [1.807, 2.05) is 0 Å².